The molecule has 0 aliphatic carbocycles. The van der Waals surface area contributed by atoms with Crippen LogP contribution < -0.4 is 0 Å². The van der Waals surface area contributed by atoms with Gasteiger partial charge in [0.05, 0.1) is 18.2 Å². The monoisotopic (exact) mass is 310 g/mol. The first-order valence-electron chi connectivity index (χ1n) is 3.58. The first kappa shape index (κ1) is 11.3. The molecule has 1 heterocycles. The molecule has 1 rings (SSSR count). The van der Waals surface area contributed by atoms with Crippen LogP contribution in [0.15, 0.2) is 6.07 Å². The molecular weight excluding hydrogens is 305 g/mol. The van der Waals surface area contributed by atoms with E-state index in [0.29, 0.717) is 3.70 Å². The van der Waals surface area contributed by atoms with Crippen molar-refractivity contribution in [2.45, 2.75) is 13.0 Å². The van der Waals surface area contributed by atoms with Crippen molar-refractivity contribution in [1.29, 1.82) is 5.26 Å². The van der Waals surface area contributed by atoms with E-state index in [2.05, 4.69) is 4.98 Å². The summed E-state index contributed by atoms with van der Waals surface area (Å²) in [6.07, 6.45) is -2.78. The number of aromatic nitrogens is 1. The minimum Gasteiger partial charge on any atom is -0.392 e. The highest BCUT2D eigenvalue weighted by atomic mass is 127. The molecule has 0 aliphatic rings. The zero-order valence-electron chi connectivity index (χ0n) is 6.84. The SMILES string of the molecule is N#Cc1cc(I)nc(C(F)F)c1CO. The summed E-state index contributed by atoms with van der Waals surface area (Å²) in [6, 6.07) is 3.10. The molecule has 0 aliphatic heterocycles. The number of hydrogen-bond acceptors (Lipinski definition) is 3. The van der Waals surface area contributed by atoms with Crippen molar-refractivity contribution < 1.29 is 13.9 Å². The van der Waals surface area contributed by atoms with Gasteiger partial charge in [-0.25, -0.2) is 13.8 Å². The van der Waals surface area contributed by atoms with Crippen molar-refractivity contribution >= 4 is 22.6 Å². The van der Waals surface area contributed by atoms with E-state index >= 15 is 0 Å². The predicted molar refractivity (Wildman–Crippen MR) is 52.5 cm³/mol. The fourth-order valence-electron chi connectivity index (χ4n) is 1.01. The molecule has 74 valence electrons. The molecule has 0 unspecified atom stereocenters. The smallest absolute Gasteiger partial charge is 0.280 e. The quantitative estimate of drug-likeness (QED) is 0.671. The first-order chi connectivity index (χ1) is 6.60. The molecule has 3 nitrogen and oxygen atoms in total. The molecule has 1 aromatic rings. The fourth-order valence-corrected chi connectivity index (χ4v) is 1.58. The molecule has 1 N–H and O–H groups in total. The van der Waals surface area contributed by atoms with Crippen molar-refractivity contribution in [3.63, 3.8) is 0 Å². The third-order valence-electron chi connectivity index (χ3n) is 1.61. The van der Waals surface area contributed by atoms with Crippen LogP contribution in [-0.4, -0.2) is 10.1 Å². The number of rotatable bonds is 2. The van der Waals surface area contributed by atoms with E-state index in [1.807, 2.05) is 0 Å². The van der Waals surface area contributed by atoms with Gasteiger partial charge in [-0.3, -0.25) is 0 Å². The van der Waals surface area contributed by atoms with Gasteiger partial charge in [-0.15, -0.1) is 0 Å². The summed E-state index contributed by atoms with van der Waals surface area (Å²) in [7, 11) is 0. The van der Waals surface area contributed by atoms with Gasteiger partial charge in [-0.2, -0.15) is 5.26 Å². The number of hydrogen-bond donors (Lipinski definition) is 1. The maximum atomic E-state index is 12.4. The summed E-state index contributed by atoms with van der Waals surface area (Å²) >= 11 is 1.74. The molecule has 0 saturated carbocycles. The largest absolute Gasteiger partial charge is 0.392 e. The van der Waals surface area contributed by atoms with Crippen LogP contribution >= 0.6 is 22.6 Å². The Kier molecular flexibility index (Phi) is 3.71. The Labute approximate surface area is 92.5 Å². The summed E-state index contributed by atoms with van der Waals surface area (Å²) in [4.78, 5) is 3.58. The molecule has 0 atom stereocenters. The van der Waals surface area contributed by atoms with E-state index < -0.39 is 18.7 Å². The zero-order valence-corrected chi connectivity index (χ0v) is 8.99. The number of aliphatic hydroxyl groups is 1. The van der Waals surface area contributed by atoms with E-state index in [9.17, 15) is 8.78 Å². The Morgan fingerprint density at radius 3 is 2.71 bits per heavy atom. The van der Waals surface area contributed by atoms with Crippen LogP contribution in [0.3, 0.4) is 0 Å². The number of nitriles is 1. The number of pyridine rings is 1. The Bertz CT molecular complexity index is 390. The Balaban J connectivity index is 3.41. The molecule has 0 fully saturated rings. The van der Waals surface area contributed by atoms with Crippen molar-refractivity contribution in [2.24, 2.45) is 0 Å². The van der Waals surface area contributed by atoms with Crippen LogP contribution in [0.4, 0.5) is 8.78 Å². The molecule has 6 heteroatoms. The van der Waals surface area contributed by atoms with Crippen LogP contribution in [0.2, 0.25) is 0 Å². The predicted octanol–water partition coefficient (Wildman–Crippen LogP) is 1.99. The maximum Gasteiger partial charge on any atom is 0.280 e. The second kappa shape index (κ2) is 4.61. The first-order valence-corrected chi connectivity index (χ1v) is 4.66. The Hall–Kier alpha value is -0.810. The molecule has 1 aromatic heterocycles. The lowest BCUT2D eigenvalue weighted by molar-refractivity contribution is 0.141. The summed E-state index contributed by atoms with van der Waals surface area (Å²) in [6.45, 7) is -0.605. The van der Waals surface area contributed by atoms with Crippen molar-refractivity contribution in [3.8, 4) is 6.07 Å². The van der Waals surface area contributed by atoms with Crippen molar-refractivity contribution in [2.75, 3.05) is 0 Å². The molecule has 0 bridgehead atoms. The average Bonchev–Trinajstić information content (AvgIpc) is 2.16. The van der Waals surface area contributed by atoms with E-state index in [4.69, 9.17) is 10.4 Å². The fraction of sp³-hybridized carbons (Fsp3) is 0.250. The number of aliphatic hydroxyl groups excluding tert-OH is 1. The molecule has 0 saturated heterocycles. The molecule has 0 aromatic carbocycles. The highest BCUT2D eigenvalue weighted by Gasteiger charge is 2.18. The number of nitrogens with zero attached hydrogens (tertiary/aromatic N) is 2. The van der Waals surface area contributed by atoms with Gasteiger partial charge in [0.1, 0.15) is 9.39 Å². The van der Waals surface area contributed by atoms with Crippen LogP contribution in [-0.2, 0) is 6.61 Å². The highest BCUT2D eigenvalue weighted by molar-refractivity contribution is 14.1. The second-order valence-corrected chi connectivity index (χ2v) is 3.53. The molecule has 0 spiro atoms. The van der Waals surface area contributed by atoms with Gasteiger partial charge in [0.2, 0.25) is 0 Å². The van der Waals surface area contributed by atoms with E-state index in [1.54, 1.807) is 28.7 Å². The lowest BCUT2D eigenvalue weighted by Gasteiger charge is -2.07. The molecular formula is C8H5F2IN2O. The van der Waals surface area contributed by atoms with Gasteiger partial charge >= 0.3 is 0 Å². The van der Waals surface area contributed by atoms with Gasteiger partial charge in [0.25, 0.3) is 6.43 Å². The summed E-state index contributed by atoms with van der Waals surface area (Å²) in [5, 5.41) is 17.5. The minimum absolute atomic E-state index is 0.0437. The Morgan fingerprint density at radius 1 is 1.64 bits per heavy atom. The highest BCUT2D eigenvalue weighted by Crippen LogP contribution is 2.24. The van der Waals surface area contributed by atoms with Crippen molar-refractivity contribution in [3.05, 3.63) is 26.6 Å². The molecule has 14 heavy (non-hydrogen) atoms. The number of halogens is 3. The van der Waals surface area contributed by atoms with Crippen LogP contribution in [0.5, 0.6) is 0 Å². The normalized spacial score (nSPS) is 10.3. The van der Waals surface area contributed by atoms with Crippen LogP contribution in [0, 0.1) is 15.0 Å². The molecule has 0 radical (unpaired) electrons. The van der Waals surface area contributed by atoms with Crippen molar-refractivity contribution in [1.82, 2.24) is 4.98 Å². The van der Waals surface area contributed by atoms with E-state index in [-0.39, 0.29) is 11.1 Å². The van der Waals surface area contributed by atoms with Gasteiger partial charge in [0.15, 0.2) is 0 Å². The standard InChI is InChI=1S/C8H5F2IN2O/c9-8(10)7-5(3-14)4(2-12)1-6(11)13-7/h1,8,14H,3H2. The summed E-state index contributed by atoms with van der Waals surface area (Å²) < 4.78 is 25.2. The minimum atomic E-state index is -2.78. The van der Waals surface area contributed by atoms with Gasteiger partial charge < -0.3 is 5.11 Å². The van der Waals surface area contributed by atoms with E-state index in [1.165, 1.54) is 6.07 Å². The van der Waals surface area contributed by atoms with Gasteiger partial charge in [-0.1, -0.05) is 0 Å². The van der Waals surface area contributed by atoms with Gasteiger partial charge in [0, 0.05) is 5.56 Å². The summed E-state index contributed by atoms with van der Waals surface area (Å²) in [5.41, 5.74) is -0.568. The maximum absolute atomic E-state index is 12.4. The zero-order chi connectivity index (χ0) is 10.7. The Morgan fingerprint density at radius 2 is 2.29 bits per heavy atom. The van der Waals surface area contributed by atoms with E-state index in [0.717, 1.165) is 0 Å². The van der Waals surface area contributed by atoms with Crippen LogP contribution in [0.1, 0.15) is 23.2 Å². The lowest BCUT2D eigenvalue weighted by atomic mass is 10.1. The third-order valence-corrected chi connectivity index (χ3v) is 2.16. The van der Waals surface area contributed by atoms with Crippen LogP contribution in [0.25, 0.3) is 0 Å². The lowest BCUT2D eigenvalue weighted by Crippen LogP contribution is -2.03. The average molecular weight is 310 g/mol. The topological polar surface area (TPSA) is 56.9 Å². The second-order valence-electron chi connectivity index (χ2n) is 2.43. The third kappa shape index (κ3) is 2.16. The van der Waals surface area contributed by atoms with Gasteiger partial charge in [-0.05, 0) is 28.7 Å². The molecule has 0 amide bonds. The number of alkyl halides is 2. The summed E-state index contributed by atoms with van der Waals surface area (Å²) in [5.74, 6) is 0.